The van der Waals surface area contributed by atoms with Crippen molar-refractivity contribution in [2.75, 3.05) is 18.2 Å². The van der Waals surface area contributed by atoms with Gasteiger partial charge in [0.25, 0.3) is 0 Å². The van der Waals surface area contributed by atoms with Gasteiger partial charge in [-0.1, -0.05) is 0 Å². The zero-order chi connectivity index (χ0) is 13.8. The highest BCUT2D eigenvalue weighted by Gasteiger charge is 2.08. The van der Waals surface area contributed by atoms with Crippen LogP contribution < -0.4 is 15.8 Å². The maximum Gasteiger partial charge on any atom is 0.246 e. The molecule has 1 amide bonds. The standard InChI is InChI=1S/C12H13BrN4O2/c1-19-9-2-3-10(13)11(4-9)16-12(18)7-17-6-8(14)5-15-17/h2-6H,7,14H2,1H3,(H,16,18). The number of nitrogens with two attached hydrogens (primary N) is 1. The van der Waals surface area contributed by atoms with Crippen LogP contribution in [0.2, 0.25) is 0 Å². The molecule has 6 nitrogen and oxygen atoms in total. The van der Waals surface area contributed by atoms with Gasteiger partial charge in [0.1, 0.15) is 12.3 Å². The van der Waals surface area contributed by atoms with Gasteiger partial charge in [0.05, 0.1) is 24.7 Å². The molecule has 0 unspecified atom stereocenters. The number of aromatic nitrogens is 2. The summed E-state index contributed by atoms with van der Waals surface area (Å²) in [6.45, 7) is 0.0981. The molecule has 2 aromatic rings. The first-order valence-corrected chi connectivity index (χ1v) is 6.29. The fourth-order valence-corrected chi connectivity index (χ4v) is 1.88. The summed E-state index contributed by atoms with van der Waals surface area (Å²) >= 11 is 3.36. The van der Waals surface area contributed by atoms with E-state index in [1.54, 1.807) is 31.5 Å². The topological polar surface area (TPSA) is 82.2 Å². The first-order chi connectivity index (χ1) is 9.08. The van der Waals surface area contributed by atoms with E-state index in [1.807, 2.05) is 0 Å². The van der Waals surface area contributed by atoms with Crippen molar-refractivity contribution in [2.45, 2.75) is 6.54 Å². The van der Waals surface area contributed by atoms with E-state index in [-0.39, 0.29) is 12.5 Å². The summed E-state index contributed by atoms with van der Waals surface area (Å²) in [7, 11) is 1.57. The molecule has 0 saturated heterocycles. The Morgan fingerprint density at radius 2 is 2.37 bits per heavy atom. The zero-order valence-corrected chi connectivity index (χ0v) is 11.8. The number of ether oxygens (including phenoxy) is 1. The maximum absolute atomic E-state index is 11.9. The fourth-order valence-electron chi connectivity index (χ4n) is 1.53. The molecule has 1 heterocycles. The molecule has 7 heteroatoms. The molecule has 0 saturated carbocycles. The summed E-state index contributed by atoms with van der Waals surface area (Å²) in [5, 5.41) is 6.72. The number of halogens is 1. The lowest BCUT2D eigenvalue weighted by Crippen LogP contribution is -2.19. The van der Waals surface area contributed by atoms with E-state index in [0.29, 0.717) is 17.1 Å². The minimum atomic E-state index is -0.197. The third kappa shape index (κ3) is 3.47. The summed E-state index contributed by atoms with van der Waals surface area (Å²) < 4.78 is 7.36. The van der Waals surface area contributed by atoms with Crippen LogP contribution in [0.3, 0.4) is 0 Å². The van der Waals surface area contributed by atoms with Gasteiger partial charge in [-0.15, -0.1) is 0 Å². The van der Waals surface area contributed by atoms with Crippen molar-refractivity contribution in [1.82, 2.24) is 9.78 Å². The van der Waals surface area contributed by atoms with Crippen LogP contribution >= 0.6 is 15.9 Å². The second-order valence-electron chi connectivity index (χ2n) is 3.87. The number of nitrogens with zero attached hydrogens (tertiary/aromatic N) is 2. The number of benzene rings is 1. The Bertz CT molecular complexity index is 597. The van der Waals surface area contributed by atoms with Gasteiger partial charge < -0.3 is 15.8 Å². The number of nitrogens with one attached hydrogen (secondary N) is 1. The number of anilines is 2. The first-order valence-electron chi connectivity index (χ1n) is 5.50. The number of amides is 1. The first kappa shape index (κ1) is 13.4. The van der Waals surface area contributed by atoms with Gasteiger partial charge in [-0.2, -0.15) is 5.10 Å². The number of carbonyl (C=O) groups excluding carboxylic acids is 1. The summed E-state index contributed by atoms with van der Waals surface area (Å²) in [5.41, 5.74) is 6.70. The summed E-state index contributed by atoms with van der Waals surface area (Å²) in [5.74, 6) is 0.471. The Morgan fingerprint density at radius 1 is 1.58 bits per heavy atom. The number of methoxy groups -OCH3 is 1. The van der Waals surface area contributed by atoms with Crippen LogP contribution in [-0.2, 0) is 11.3 Å². The molecule has 0 aliphatic carbocycles. The molecular formula is C12H13BrN4O2. The predicted molar refractivity (Wildman–Crippen MR) is 76.0 cm³/mol. The molecule has 2 rings (SSSR count). The summed E-state index contributed by atoms with van der Waals surface area (Å²) in [6.07, 6.45) is 3.09. The smallest absolute Gasteiger partial charge is 0.246 e. The van der Waals surface area contributed by atoms with Crippen LogP contribution in [0.15, 0.2) is 35.1 Å². The van der Waals surface area contributed by atoms with Gasteiger partial charge in [-0.3, -0.25) is 9.48 Å². The average Bonchev–Trinajstić information content (AvgIpc) is 2.77. The van der Waals surface area contributed by atoms with Gasteiger partial charge in [0.15, 0.2) is 0 Å². The van der Waals surface area contributed by atoms with Crippen molar-refractivity contribution in [1.29, 1.82) is 0 Å². The molecule has 0 radical (unpaired) electrons. The normalized spacial score (nSPS) is 10.2. The van der Waals surface area contributed by atoms with Crippen molar-refractivity contribution < 1.29 is 9.53 Å². The lowest BCUT2D eigenvalue weighted by Gasteiger charge is -2.09. The quantitative estimate of drug-likeness (QED) is 0.899. The Morgan fingerprint density at radius 3 is 3.00 bits per heavy atom. The molecule has 100 valence electrons. The van der Waals surface area contributed by atoms with Gasteiger partial charge >= 0.3 is 0 Å². The molecule has 0 aliphatic heterocycles. The average molecular weight is 325 g/mol. The number of hydrogen-bond acceptors (Lipinski definition) is 4. The monoisotopic (exact) mass is 324 g/mol. The van der Waals surface area contributed by atoms with Crippen molar-refractivity contribution in [3.63, 3.8) is 0 Å². The predicted octanol–water partition coefficient (Wildman–Crippen LogP) is 1.88. The zero-order valence-electron chi connectivity index (χ0n) is 10.3. The van der Waals surface area contributed by atoms with E-state index in [2.05, 4.69) is 26.3 Å². The van der Waals surface area contributed by atoms with E-state index < -0.39 is 0 Å². The number of hydrogen-bond donors (Lipinski definition) is 2. The molecule has 19 heavy (non-hydrogen) atoms. The van der Waals surface area contributed by atoms with Crippen LogP contribution in [-0.4, -0.2) is 22.8 Å². The molecule has 0 fully saturated rings. The SMILES string of the molecule is COc1ccc(Br)c(NC(=O)Cn2cc(N)cn2)c1. The van der Waals surface area contributed by atoms with E-state index >= 15 is 0 Å². The van der Waals surface area contributed by atoms with Crippen molar-refractivity contribution in [2.24, 2.45) is 0 Å². The lowest BCUT2D eigenvalue weighted by molar-refractivity contribution is -0.116. The molecule has 0 aliphatic rings. The molecule has 1 aromatic carbocycles. The highest BCUT2D eigenvalue weighted by Crippen LogP contribution is 2.27. The Labute approximate surface area is 118 Å². The van der Waals surface area contributed by atoms with E-state index in [0.717, 1.165) is 4.47 Å². The van der Waals surface area contributed by atoms with Crippen LogP contribution in [0.1, 0.15) is 0 Å². The Hall–Kier alpha value is -2.02. The molecule has 3 N–H and O–H groups in total. The van der Waals surface area contributed by atoms with Gasteiger partial charge in [-0.25, -0.2) is 0 Å². The highest BCUT2D eigenvalue weighted by molar-refractivity contribution is 9.10. The Balaban J connectivity index is 2.06. The van der Waals surface area contributed by atoms with Crippen LogP contribution in [0.4, 0.5) is 11.4 Å². The van der Waals surface area contributed by atoms with Gasteiger partial charge in [0.2, 0.25) is 5.91 Å². The second-order valence-corrected chi connectivity index (χ2v) is 4.72. The van der Waals surface area contributed by atoms with E-state index in [9.17, 15) is 4.79 Å². The Kier molecular flexibility index (Phi) is 4.06. The molecule has 0 atom stereocenters. The molecule has 0 spiro atoms. The van der Waals surface area contributed by atoms with Crippen molar-refractivity contribution in [3.8, 4) is 5.75 Å². The van der Waals surface area contributed by atoms with Crippen LogP contribution in [0, 0.1) is 0 Å². The molecule has 0 bridgehead atoms. The summed E-state index contributed by atoms with van der Waals surface area (Å²) in [6, 6.07) is 5.34. The molecule has 1 aromatic heterocycles. The van der Waals surface area contributed by atoms with E-state index in [4.69, 9.17) is 10.5 Å². The number of carbonyl (C=O) groups is 1. The third-order valence-corrected chi connectivity index (χ3v) is 3.10. The van der Waals surface area contributed by atoms with Crippen LogP contribution in [0.5, 0.6) is 5.75 Å². The fraction of sp³-hybridized carbons (Fsp3) is 0.167. The minimum absolute atomic E-state index is 0.0981. The van der Waals surface area contributed by atoms with Crippen molar-refractivity contribution in [3.05, 3.63) is 35.1 Å². The number of rotatable bonds is 4. The van der Waals surface area contributed by atoms with Gasteiger partial charge in [-0.05, 0) is 28.1 Å². The third-order valence-electron chi connectivity index (χ3n) is 2.41. The largest absolute Gasteiger partial charge is 0.497 e. The molecular weight excluding hydrogens is 312 g/mol. The summed E-state index contributed by atoms with van der Waals surface area (Å²) in [4.78, 5) is 11.9. The highest BCUT2D eigenvalue weighted by atomic mass is 79.9. The van der Waals surface area contributed by atoms with Crippen LogP contribution in [0.25, 0.3) is 0 Å². The lowest BCUT2D eigenvalue weighted by atomic mass is 10.3. The maximum atomic E-state index is 11.9. The van der Waals surface area contributed by atoms with Gasteiger partial charge in [0, 0.05) is 16.7 Å². The van der Waals surface area contributed by atoms with Crippen molar-refractivity contribution >= 4 is 33.2 Å². The minimum Gasteiger partial charge on any atom is -0.497 e. The van der Waals surface area contributed by atoms with E-state index in [1.165, 1.54) is 10.9 Å². The second kappa shape index (κ2) is 5.75. The number of nitrogen functional groups attached to an aromatic ring is 1.